The molecule has 1 atom stereocenters. The number of hydrogen-bond acceptors (Lipinski definition) is 5. The van der Waals surface area contributed by atoms with Crippen LogP contribution in [0.1, 0.15) is 52.4 Å². The topological polar surface area (TPSA) is 69.0 Å². The van der Waals surface area contributed by atoms with Gasteiger partial charge in [0.05, 0.1) is 12.9 Å². The average Bonchev–Trinajstić information content (AvgIpc) is 3.19. The Hall–Kier alpha value is -2.02. The van der Waals surface area contributed by atoms with E-state index in [4.69, 9.17) is 4.74 Å². The van der Waals surface area contributed by atoms with Gasteiger partial charge in [-0.2, -0.15) is 0 Å². The van der Waals surface area contributed by atoms with Gasteiger partial charge in [-0.15, -0.1) is 10.2 Å². The Balaban J connectivity index is 1.21. The highest BCUT2D eigenvalue weighted by molar-refractivity contribution is 7.99. The fourth-order valence-electron chi connectivity index (χ4n) is 6.91. The van der Waals surface area contributed by atoms with Gasteiger partial charge >= 0.3 is 0 Å². The van der Waals surface area contributed by atoms with E-state index in [2.05, 4.69) is 33.9 Å². The predicted molar refractivity (Wildman–Crippen MR) is 127 cm³/mol. The highest BCUT2D eigenvalue weighted by Gasteiger charge is 2.53. The summed E-state index contributed by atoms with van der Waals surface area (Å²) >= 11 is 1.47. The maximum atomic E-state index is 12.9. The van der Waals surface area contributed by atoms with Crippen LogP contribution in [0.5, 0.6) is 5.75 Å². The highest BCUT2D eigenvalue weighted by atomic mass is 32.2. The number of hydrogen-bond donors (Lipinski definition) is 1. The molecule has 4 saturated carbocycles. The summed E-state index contributed by atoms with van der Waals surface area (Å²) in [6, 6.07) is 8.08. The third-order valence-electron chi connectivity index (χ3n) is 8.10. The van der Waals surface area contributed by atoms with Gasteiger partial charge in [-0.3, -0.25) is 4.79 Å². The summed E-state index contributed by atoms with van der Waals surface area (Å²) < 4.78 is 7.32. The van der Waals surface area contributed by atoms with E-state index in [-0.39, 0.29) is 11.9 Å². The molecule has 1 aromatic carbocycles. The van der Waals surface area contributed by atoms with Crippen molar-refractivity contribution in [2.45, 2.75) is 70.1 Å². The average molecular weight is 455 g/mol. The highest BCUT2D eigenvalue weighted by Crippen LogP contribution is 2.61. The summed E-state index contributed by atoms with van der Waals surface area (Å²) in [6.45, 7) is 5.07. The first-order chi connectivity index (χ1) is 15.5. The van der Waals surface area contributed by atoms with Crippen LogP contribution in [0.25, 0.3) is 11.4 Å². The monoisotopic (exact) mass is 454 g/mol. The molecule has 6 rings (SSSR count). The van der Waals surface area contributed by atoms with Crippen LogP contribution >= 0.6 is 11.8 Å². The number of nitrogens with zero attached hydrogens (tertiary/aromatic N) is 3. The molecule has 1 unspecified atom stereocenters. The van der Waals surface area contributed by atoms with Crippen molar-refractivity contribution < 1.29 is 9.53 Å². The van der Waals surface area contributed by atoms with Crippen molar-refractivity contribution in [1.29, 1.82) is 0 Å². The van der Waals surface area contributed by atoms with Crippen LogP contribution in [-0.4, -0.2) is 39.6 Å². The fourth-order valence-corrected chi connectivity index (χ4v) is 7.72. The van der Waals surface area contributed by atoms with Crippen molar-refractivity contribution >= 4 is 17.7 Å². The molecule has 1 amide bonds. The number of carbonyl (C=O) groups excluding carboxylic acids is 1. The molecular formula is C25H34N4O2S. The van der Waals surface area contributed by atoms with Gasteiger partial charge < -0.3 is 14.6 Å². The van der Waals surface area contributed by atoms with E-state index < -0.39 is 0 Å². The van der Waals surface area contributed by atoms with Gasteiger partial charge in [0.15, 0.2) is 11.0 Å². The Morgan fingerprint density at radius 3 is 2.34 bits per heavy atom. The van der Waals surface area contributed by atoms with Gasteiger partial charge in [-0.25, -0.2) is 0 Å². The molecule has 172 valence electrons. The van der Waals surface area contributed by atoms with Crippen molar-refractivity contribution in [2.24, 2.45) is 23.2 Å². The zero-order valence-corrected chi connectivity index (χ0v) is 20.2. The summed E-state index contributed by atoms with van der Waals surface area (Å²) in [6.07, 6.45) is 8.21. The Morgan fingerprint density at radius 1 is 1.16 bits per heavy atom. The fraction of sp³-hybridized carbons (Fsp3) is 0.640. The van der Waals surface area contributed by atoms with E-state index in [9.17, 15) is 4.79 Å². The summed E-state index contributed by atoms with van der Waals surface area (Å²) in [5, 5.41) is 12.9. The minimum absolute atomic E-state index is 0.106. The van der Waals surface area contributed by atoms with E-state index in [1.54, 1.807) is 7.11 Å². The second-order valence-corrected chi connectivity index (χ2v) is 11.1. The molecule has 0 spiro atoms. The second kappa shape index (κ2) is 8.73. The summed E-state index contributed by atoms with van der Waals surface area (Å²) in [5.74, 6) is 4.81. The number of carbonyl (C=O) groups is 1. The molecule has 4 bridgehead atoms. The molecule has 6 nitrogen and oxygen atoms in total. The first kappa shape index (κ1) is 21.8. The lowest BCUT2D eigenvalue weighted by Gasteiger charge is -2.59. The normalized spacial score (nSPS) is 29.2. The minimum atomic E-state index is 0.106. The number of benzene rings is 1. The number of ether oxygens (including phenoxy) is 1. The van der Waals surface area contributed by atoms with Gasteiger partial charge in [0.25, 0.3) is 0 Å². The van der Waals surface area contributed by atoms with Crippen LogP contribution in [0.15, 0.2) is 29.4 Å². The predicted octanol–water partition coefficient (Wildman–Crippen LogP) is 4.79. The van der Waals surface area contributed by atoms with Crippen LogP contribution in [-0.2, 0) is 11.3 Å². The third kappa shape index (κ3) is 4.04. The smallest absolute Gasteiger partial charge is 0.230 e. The van der Waals surface area contributed by atoms with Gasteiger partial charge in [0.2, 0.25) is 5.91 Å². The SMILES string of the molecule is CCn1c(SCC(=O)NC(C)C23CC4CC(CC(C4)C2)C3)nnc1-c1ccc(OC)cc1. The molecule has 2 aromatic rings. The maximum Gasteiger partial charge on any atom is 0.230 e. The van der Waals surface area contributed by atoms with Crippen LogP contribution in [0, 0.1) is 23.2 Å². The van der Waals surface area contributed by atoms with Crippen molar-refractivity contribution in [3.05, 3.63) is 24.3 Å². The lowest BCUT2D eigenvalue weighted by Crippen LogP contribution is -2.56. The molecule has 32 heavy (non-hydrogen) atoms. The summed E-state index contributed by atoms with van der Waals surface area (Å²) in [4.78, 5) is 12.9. The molecule has 1 N–H and O–H groups in total. The van der Waals surface area contributed by atoms with Crippen LogP contribution in [0.4, 0.5) is 0 Å². The minimum Gasteiger partial charge on any atom is -0.497 e. The van der Waals surface area contributed by atoms with E-state index in [0.29, 0.717) is 11.2 Å². The molecule has 7 heteroatoms. The largest absolute Gasteiger partial charge is 0.497 e. The molecular weight excluding hydrogens is 420 g/mol. The van der Waals surface area contributed by atoms with Gasteiger partial charge in [-0.1, -0.05) is 11.8 Å². The molecule has 4 fully saturated rings. The first-order valence-corrected chi connectivity index (χ1v) is 13.0. The Kier molecular flexibility index (Phi) is 5.95. The summed E-state index contributed by atoms with van der Waals surface area (Å²) in [7, 11) is 1.66. The summed E-state index contributed by atoms with van der Waals surface area (Å²) in [5.41, 5.74) is 1.33. The van der Waals surface area contributed by atoms with E-state index >= 15 is 0 Å². The number of nitrogens with one attached hydrogen (secondary N) is 1. The number of thioether (sulfide) groups is 1. The number of rotatable bonds is 8. The third-order valence-corrected chi connectivity index (χ3v) is 9.06. The molecule has 4 aliphatic carbocycles. The zero-order chi connectivity index (χ0) is 22.3. The van der Waals surface area contributed by atoms with Crippen molar-refractivity contribution in [1.82, 2.24) is 20.1 Å². The molecule has 1 aromatic heterocycles. The Bertz CT molecular complexity index is 936. The number of methoxy groups -OCH3 is 1. The lowest BCUT2D eigenvalue weighted by molar-refractivity contribution is -0.123. The quantitative estimate of drug-likeness (QED) is 0.581. The van der Waals surface area contributed by atoms with E-state index in [1.807, 2.05) is 24.3 Å². The molecule has 4 aliphatic rings. The van der Waals surface area contributed by atoms with E-state index in [0.717, 1.165) is 46.6 Å². The first-order valence-electron chi connectivity index (χ1n) is 12.0. The molecule has 0 aliphatic heterocycles. The second-order valence-electron chi connectivity index (χ2n) is 10.1. The van der Waals surface area contributed by atoms with Crippen LogP contribution in [0.2, 0.25) is 0 Å². The van der Waals surface area contributed by atoms with E-state index in [1.165, 1.54) is 50.3 Å². The number of aromatic nitrogens is 3. The van der Waals surface area contributed by atoms with Crippen molar-refractivity contribution in [3.8, 4) is 17.1 Å². The lowest BCUT2D eigenvalue weighted by atomic mass is 9.48. The standard InChI is InChI=1S/C25H34N4O2S/c1-4-29-23(20-5-7-21(31-3)8-6-20)27-28-24(29)32-15-22(30)26-16(2)25-12-17-9-18(13-25)11-19(10-17)14-25/h5-8,16-19H,4,9-15H2,1-3H3,(H,26,30). The molecule has 0 radical (unpaired) electrons. The molecule has 1 heterocycles. The number of amides is 1. The van der Waals surface area contributed by atoms with Crippen LogP contribution < -0.4 is 10.1 Å². The zero-order valence-electron chi connectivity index (χ0n) is 19.3. The maximum absolute atomic E-state index is 12.9. The van der Waals surface area contributed by atoms with Crippen molar-refractivity contribution in [3.63, 3.8) is 0 Å². The molecule has 0 saturated heterocycles. The Morgan fingerprint density at radius 2 is 1.78 bits per heavy atom. The van der Waals surface area contributed by atoms with Gasteiger partial charge in [-0.05, 0) is 99.8 Å². The van der Waals surface area contributed by atoms with Gasteiger partial charge in [0, 0.05) is 18.2 Å². The Labute approximate surface area is 194 Å². The van der Waals surface area contributed by atoms with Crippen molar-refractivity contribution in [2.75, 3.05) is 12.9 Å². The van der Waals surface area contributed by atoms with Gasteiger partial charge in [0.1, 0.15) is 5.75 Å². The van der Waals surface area contributed by atoms with Crippen LogP contribution in [0.3, 0.4) is 0 Å².